The van der Waals surface area contributed by atoms with E-state index in [1.54, 1.807) is 27.7 Å². The zero-order chi connectivity index (χ0) is 11.7. The number of nitrogens with zero attached hydrogens (tertiary/aromatic N) is 3. The summed E-state index contributed by atoms with van der Waals surface area (Å²) in [6, 6.07) is 3.53. The van der Waals surface area contributed by atoms with Crippen molar-refractivity contribution in [3.05, 3.63) is 41.1 Å². The fourth-order valence-electron chi connectivity index (χ4n) is 1.54. The first-order chi connectivity index (χ1) is 7.59. The van der Waals surface area contributed by atoms with Crippen LogP contribution in [0.4, 0.5) is 5.69 Å². The Hall–Kier alpha value is -2.04. The van der Waals surface area contributed by atoms with E-state index in [0.29, 0.717) is 0 Å². The van der Waals surface area contributed by atoms with E-state index in [4.69, 9.17) is 5.73 Å². The Morgan fingerprint density at radius 3 is 2.75 bits per heavy atom. The van der Waals surface area contributed by atoms with E-state index in [0.717, 1.165) is 5.69 Å². The second-order valence-electron chi connectivity index (χ2n) is 3.91. The SMILES string of the molecule is CC(C)n1cc(-n2cccn2)cc(N)c1=O. The minimum Gasteiger partial charge on any atom is -0.394 e. The molecule has 2 aromatic heterocycles. The summed E-state index contributed by atoms with van der Waals surface area (Å²) in [5.74, 6) is 0. The molecule has 0 bridgehead atoms. The predicted octanol–water partition coefficient (Wildman–Crippen LogP) is 1.20. The minimum absolute atomic E-state index is 0.0744. The van der Waals surface area contributed by atoms with Crippen LogP contribution in [-0.4, -0.2) is 14.3 Å². The molecule has 2 rings (SSSR count). The van der Waals surface area contributed by atoms with Crippen molar-refractivity contribution in [2.24, 2.45) is 0 Å². The molecule has 0 atom stereocenters. The maximum Gasteiger partial charge on any atom is 0.274 e. The Balaban J connectivity index is 2.62. The molecular formula is C11H14N4O. The summed E-state index contributed by atoms with van der Waals surface area (Å²) in [4.78, 5) is 11.7. The third kappa shape index (κ3) is 1.71. The van der Waals surface area contributed by atoms with Gasteiger partial charge in [0.2, 0.25) is 0 Å². The van der Waals surface area contributed by atoms with E-state index in [9.17, 15) is 4.79 Å². The van der Waals surface area contributed by atoms with Crippen molar-refractivity contribution >= 4 is 5.69 Å². The van der Waals surface area contributed by atoms with E-state index < -0.39 is 0 Å². The summed E-state index contributed by atoms with van der Waals surface area (Å²) < 4.78 is 3.28. The van der Waals surface area contributed by atoms with E-state index in [1.807, 2.05) is 26.1 Å². The predicted molar refractivity (Wildman–Crippen MR) is 62.6 cm³/mol. The fourth-order valence-corrected chi connectivity index (χ4v) is 1.54. The second kappa shape index (κ2) is 3.84. The number of anilines is 1. The van der Waals surface area contributed by atoms with Crippen LogP contribution in [0.15, 0.2) is 35.5 Å². The van der Waals surface area contributed by atoms with Crippen molar-refractivity contribution in [1.82, 2.24) is 14.3 Å². The van der Waals surface area contributed by atoms with Gasteiger partial charge >= 0.3 is 0 Å². The molecule has 16 heavy (non-hydrogen) atoms. The lowest BCUT2D eigenvalue weighted by Crippen LogP contribution is -2.24. The first-order valence-electron chi connectivity index (χ1n) is 5.11. The Morgan fingerprint density at radius 1 is 1.44 bits per heavy atom. The average Bonchev–Trinajstić information content (AvgIpc) is 2.74. The van der Waals surface area contributed by atoms with Crippen LogP contribution in [0.25, 0.3) is 5.69 Å². The molecule has 2 aromatic rings. The highest BCUT2D eigenvalue weighted by Gasteiger charge is 2.07. The van der Waals surface area contributed by atoms with Gasteiger partial charge in [-0.1, -0.05) is 0 Å². The molecule has 0 spiro atoms. The van der Waals surface area contributed by atoms with Gasteiger partial charge in [-0.25, -0.2) is 4.68 Å². The van der Waals surface area contributed by atoms with Crippen LogP contribution in [0.3, 0.4) is 0 Å². The molecule has 0 saturated carbocycles. The Bertz CT molecular complexity index is 540. The van der Waals surface area contributed by atoms with Gasteiger partial charge < -0.3 is 10.3 Å². The lowest BCUT2D eigenvalue weighted by molar-refractivity contribution is 0.576. The van der Waals surface area contributed by atoms with Crippen LogP contribution in [0.2, 0.25) is 0 Å². The standard InChI is InChI=1S/C11H14N4O/c1-8(2)14-7-9(6-10(12)11(14)16)15-5-3-4-13-15/h3-8H,12H2,1-2H3. The van der Waals surface area contributed by atoms with Crippen LogP contribution in [0.1, 0.15) is 19.9 Å². The molecule has 0 radical (unpaired) electrons. The molecule has 2 N–H and O–H groups in total. The van der Waals surface area contributed by atoms with Crippen LogP contribution < -0.4 is 11.3 Å². The van der Waals surface area contributed by atoms with Gasteiger partial charge in [-0.05, 0) is 26.0 Å². The normalized spacial score (nSPS) is 10.9. The number of aromatic nitrogens is 3. The van der Waals surface area contributed by atoms with E-state index >= 15 is 0 Å². The van der Waals surface area contributed by atoms with Crippen molar-refractivity contribution in [2.45, 2.75) is 19.9 Å². The van der Waals surface area contributed by atoms with Gasteiger partial charge in [-0.3, -0.25) is 4.79 Å². The quantitative estimate of drug-likeness (QED) is 0.823. The Kier molecular flexibility index (Phi) is 2.52. The Labute approximate surface area is 93.1 Å². The summed E-state index contributed by atoms with van der Waals surface area (Å²) in [6.07, 6.45) is 5.25. The zero-order valence-corrected chi connectivity index (χ0v) is 9.29. The van der Waals surface area contributed by atoms with Crippen molar-refractivity contribution in [3.8, 4) is 5.69 Å². The number of nitrogen functional groups attached to an aromatic ring is 1. The van der Waals surface area contributed by atoms with Gasteiger partial charge in [0, 0.05) is 24.6 Å². The summed E-state index contributed by atoms with van der Waals surface area (Å²) in [5.41, 5.74) is 6.56. The van der Waals surface area contributed by atoms with Gasteiger partial charge in [0.1, 0.15) is 5.69 Å². The molecule has 2 heterocycles. The van der Waals surface area contributed by atoms with Crippen molar-refractivity contribution in [3.63, 3.8) is 0 Å². The minimum atomic E-state index is -0.161. The van der Waals surface area contributed by atoms with Crippen molar-refractivity contribution < 1.29 is 0 Å². The number of pyridine rings is 1. The van der Waals surface area contributed by atoms with Gasteiger partial charge in [-0.2, -0.15) is 5.10 Å². The number of hydrogen-bond donors (Lipinski definition) is 1. The topological polar surface area (TPSA) is 65.8 Å². The van der Waals surface area contributed by atoms with Gasteiger partial charge in [-0.15, -0.1) is 0 Å². The van der Waals surface area contributed by atoms with Crippen molar-refractivity contribution in [1.29, 1.82) is 0 Å². The van der Waals surface area contributed by atoms with E-state index in [-0.39, 0.29) is 17.3 Å². The molecule has 0 aliphatic rings. The Morgan fingerprint density at radius 2 is 2.19 bits per heavy atom. The molecule has 0 fully saturated rings. The summed E-state index contributed by atoms with van der Waals surface area (Å²) >= 11 is 0. The average molecular weight is 218 g/mol. The van der Waals surface area contributed by atoms with Crippen LogP contribution in [0, 0.1) is 0 Å². The highest BCUT2D eigenvalue weighted by Crippen LogP contribution is 2.10. The molecule has 5 nitrogen and oxygen atoms in total. The first kappa shape index (κ1) is 10.5. The smallest absolute Gasteiger partial charge is 0.274 e. The van der Waals surface area contributed by atoms with Crippen LogP contribution in [0.5, 0.6) is 0 Å². The van der Waals surface area contributed by atoms with E-state index in [2.05, 4.69) is 5.10 Å². The lowest BCUT2D eigenvalue weighted by atomic mass is 10.3. The fraction of sp³-hybridized carbons (Fsp3) is 0.273. The van der Waals surface area contributed by atoms with Crippen molar-refractivity contribution in [2.75, 3.05) is 5.73 Å². The summed E-state index contributed by atoms with van der Waals surface area (Å²) in [5, 5.41) is 4.10. The maximum atomic E-state index is 11.7. The molecular weight excluding hydrogens is 204 g/mol. The molecule has 0 aliphatic carbocycles. The lowest BCUT2D eigenvalue weighted by Gasteiger charge is -2.12. The number of hydrogen-bond acceptors (Lipinski definition) is 3. The molecule has 84 valence electrons. The third-order valence-corrected chi connectivity index (χ3v) is 2.38. The molecule has 0 unspecified atom stereocenters. The molecule has 0 saturated heterocycles. The largest absolute Gasteiger partial charge is 0.394 e. The second-order valence-corrected chi connectivity index (χ2v) is 3.91. The zero-order valence-electron chi connectivity index (χ0n) is 9.29. The molecule has 0 amide bonds. The molecule has 0 aliphatic heterocycles. The highest BCUT2D eigenvalue weighted by molar-refractivity contribution is 5.44. The number of nitrogens with two attached hydrogens (primary N) is 1. The number of rotatable bonds is 2. The summed E-state index contributed by atoms with van der Waals surface area (Å²) in [7, 11) is 0. The van der Waals surface area contributed by atoms with Crippen LogP contribution >= 0.6 is 0 Å². The van der Waals surface area contributed by atoms with Gasteiger partial charge in [0.25, 0.3) is 5.56 Å². The van der Waals surface area contributed by atoms with E-state index in [1.165, 1.54) is 0 Å². The maximum absolute atomic E-state index is 11.7. The molecule has 0 aromatic carbocycles. The van der Waals surface area contributed by atoms with Crippen LogP contribution in [-0.2, 0) is 0 Å². The monoisotopic (exact) mass is 218 g/mol. The third-order valence-electron chi connectivity index (χ3n) is 2.38. The molecule has 5 heteroatoms. The highest BCUT2D eigenvalue weighted by atomic mass is 16.1. The van der Waals surface area contributed by atoms with Gasteiger partial charge in [0.15, 0.2) is 0 Å². The van der Waals surface area contributed by atoms with Gasteiger partial charge in [0.05, 0.1) is 5.69 Å². The first-order valence-corrected chi connectivity index (χ1v) is 5.11. The summed E-state index contributed by atoms with van der Waals surface area (Å²) in [6.45, 7) is 3.88.